The third-order valence-corrected chi connectivity index (χ3v) is 2.95. The summed E-state index contributed by atoms with van der Waals surface area (Å²) in [6, 6.07) is -1.07. The molecule has 1 N–H and O–H groups in total. The van der Waals surface area contributed by atoms with Gasteiger partial charge in [-0.25, -0.2) is 4.79 Å². The number of fused-ring (bicyclic) bond motifs is 1. The van der Waals surface area contributed by atoms with Crippen molar-refractivity contribution >= 4 is 5.97 Å². The molecule has 1 aromatic heterocycles. The third kappa shape index (κ3) is 1.89. The highest BCUT2D eigenvalue weighted by molar-refractivity contribution is 5.71. The molecule has 4 nitrogen and oxygen atoms in total. The fourth-order valence-corrected chi connectivity index (χ4v) is 2.12. The Labute approximate surface area is 95.0 Å². The van der Waals surface area contributed by atoms with Crippen molar-refractivity contribution in [3.63, 3.8) is 0 Å². The van der Waals surface area contributed by atoms with Gasteiger partial charge in [-0.2, -0.15) is 18.3 Å². The highest BCUT2D eigenvalue weighted by Crippen LogP contribution is 2.37. The van der Waals surface area contributed by atoms with E-state index in [9.17, 15) is 18.0 Å². The highest BCUT2D eigenvalue weighted by atomic mass is 19.4. The standard InChI is InChI=1S/C10H11F3N2O2/c1-5(9(16)17)15-7-4-2-3-6(7)8(14-15)10(11,12)13/h5H,2-4H2,1H3,(H,16,17)/t5-/m1/s1. The fraction of sp³-hybridized carbons (Fsp3) is 0.600. The number of hydrogen-bond acceptors (Lipinski definition) is 2. The van der Waals surface area contributed by atoms with Crippen LogP contribution in [0.1, 0.15) is 36.3 Å². The van der Waals surface area contributed by atoms with Crippen molar-refractivity contribution in [2.24, 2.45) is 0 Å². The Hall–Kier alpha value is -1.53. The lowest BCUT2D eigenvalue weighted by atomic mass is 10.2. The number of carboxylic acids is 1. The van der Waals surface area contributed by atoms with Crippen LogP contribution >= 0.6 is 0 Å². The van der Waals surface area contributed by atoms with Gasteiger partial charge in [-0.1, -0.05) is 0 Å². The quantitative estimate of drug-likeness (QED) is 0.871. The van der Waals surface area contributed by atoms with Crippen LogP contribution in [0.25, 0.3) is 0 Å². The van der Waals surface area contributed by atoms with Gasteiger partial charge in [0, 0.05) is 11.3 Å². The average Bonchev–Trinajstić information content (AvgIpc) is 2.73. The predicted molar refractivity (Wildman–Crippen MR) is 51.6 cm³/mol. The first-order valence-electron chi connectivity index (χ1n) is 5.22. The van der Waals surface area contributed by atoms with Gasteiger partial charge in [-0.05, 0) is 26.2 Å². The van der Waals surface area contributed by atoms with Crippen molar-refractivity contribution in [3.8, 4) is 0 Å². The summed E-state index contributed by atoms with van der Waals surface area (Å²) < 4.78 is 39.1. The van der Waals surface area contributed by atoms with E-state index in [1.54, 1.807) is 0 Å². The Kier molecular flexibility index (Phi) is 2.63. The second-order valence-corrected chi connectivity index (χ2v) is 4.08. The topological polar surface area (TPSA) is 55.1 Å². The molecule has 7 heteroatoms. The first-order valence-corrected chi connectivity index (χ1v) is 5.22. The number of alkyl halides is 3. The zero-order chi connectivity index (χ0) is 12.8. The maximum atomic E-state index is 12.7. The van der Waals surface area contributed by atoms with E-state index in [1.165, 1.54) is 6.92 Å². The molecule has 1 heterocycles. The van der Waals surface area contributed by atoms with Crippen molar-refractivity contribution < 1.29 is 23.1 Å². The first kappa shape index (κ1) is 11.9. The molecule has 0 aromatic carbocycles. The molecule has 0 spiro atoms. The zero-order valence-corrected chi connectivity index (χ0v) is 9.08. The minimum absolute atomic E-state index is 0.158. The number of aromatic nitrogens is 2. The normalized spacial score (nSPS) is 16.9. The van der Waals surface area contributed by atoms with Crippen molar-refractivity contribution in [1.29, 1.82) is 0 Å². The van der Waals surface area contributed by atoms with Gasteiger partial charge in [0.2, 0.25) is 0 Å². The molecule has 1 aliphatic carbocycles. The average molecular weight is 248 g/mol. The van der Waals surface area contributed by atoms with Crippen LogP contribution in [-0.2, 0) is 23.8 Å². The predicted octanol–water partition coefficient (Wildman–Crippen LogP) is 2.04. The monoisotopic (exact) mass is 248 g/mol. The molecule has 0 saturated carbocycles. The SMILES string of the molecule is C[C@H](C(=O)O)n1nc(C(F)(F)F)c2c1CCC2. The number of aliphatic carboxylic acids is 1. The van der Waals surface area contributed by atoms with Crippen LogP contribution in [0.4, 0.5) is 13.2 Å². The molecule has 1 aliphatic rings. The molecule has 94 valence electrons. The lowest BCUT2D eigenvalue weighted by Gasteiger charge is -2.10. The van der Waals surface area contributed by atoms with Gasteiger partial charge in [0.05, 0.1) is 0 Å². The molecule has 17 heavy (non-hydrogen) atoms. The zero-order valence-electron chi connectivity index (χ0n) is 9.08. The molecular weight excluding hydrogens is 237 g/mol. The Morgan fingerprint density at radius 3 is 2.65 bits per heavy atom. The summed E-state index contributed by atoms with van der Waals surface area (Å²) in [5.41, 5.74) is -0.365. The summed E-state index contributed by atoms with van der Waals surface area (Å²) in [5.74, 6) is -1.18. The molecule has 0 amide bonds. The van der Waals surface area contributed by atoms with E-state index >= 15 is 0 Å². The molecule has 1 aromatic rings. The largest absolute Gasteiger partial charge is 0.480 e. The molecule has 0 saturated heterocycles. The molecule has 2 rings (SSSR count). The van der Waals surface area contributed by atoms with Gasteiger partial charge >= 0.3 is 12.1 Å². The summed E-state index contributed by atoms with van der Waals surface area (Å²) >= 11 is 0. The summed E-state index contributed by atoms with van der Waals surface area (Å²) in [5, 5.41) is 12.3. The summed E-state index contributed by atoms with van der Waals surface area (Å²) in [7, 11) is 0. The molecule has 0 unspecified atom stereocenters. The van der Waals surface area contributed by atoms with E-state index in [-0.39, 0.29) is 5.56 Å². The van der Waals surface area contributed by atoms with Gasteiger partial charge in [0.25, 0.3) is 0 Å². The van der Waals surface area contributed by atoms with Gasteiger partial charge in [0.1, 0.15) is 6.04 Å². The highest BCUT2D eigenvalue weighted by Gasteiger charge is 2.41. The van der Waals surface area contributed by atoms with Crippen LogP contribution in [0.2, 0.25) is 0 Å². The summed E-state index contributed by atoms with van der Waals surface area (Å²) in [4.78, 5) is 10.8. The van der Waals surface area contributed by atoms with Crippen molar-refractivity contribution in [3.05, 3.63) is 17.0 Å². The van der Waals surface area contributed by atoms with E-state index in [4.69, 9.17) is 5.11 Å². The van der Waals surface area contributed by atoms with Crippen LogP contribution in [-0.4, -0.2) is 20.9 Å². The lowest BCUT2D eigenvalue weighted by Crippen LogP contribution is -2.19. The van der Waals surface area contributed by atoms with E-state index in [1.807, 2.05) is 0 Å². The molecular formula is C10H11F3N2O2. The molecule has 1 atom stereocenters. The van der Waals surface area contributed by atoms with E-state index < -0.39 is 23.9 Å². The first-order chi connectivity index (χ1) is 7.82. The maximum absolute atomic E-state index is 12.7. The van der Waals surface area contributed by atoms with E-state index in [0.29, 0.717) is 25.0 Å². The summed E-state index contributed by atoms with van der Waals surface area (Å²) in [6.45, 7) is 1.33. The lowest BCUT2D eigenvalue weighted by molar-refractivity contribution is -0.144. The molecule has 0 aliphatic heterocycles. The number of nitrogens with zero attached hydrogens (tertiary/aromatic N) is 2. The van der Waals surface area contributed by atoms with Crippen LogP contribution in [0.3, 0.4) is 0 Å². The van der Waals surface area contributed by atoms with E-state index in [0.717, 1.165) is 4.68 Å². The number of carbonyl (C=O) groups is 1. The number of halogens is 3. The maximum Gasteiger partial charge on any atom is 0.435 e. The van der Waals surface area contributed by atoms with Gasteiger partial charge < -0.3 is 5.11 Å². The third-order valence-electron chi connectivity index (χ3n) is 2.95. The van der Waals surface area contributed by atoms with Gasteiger partial charge in [-0.15, -0.1) is 0 Å². The van der Waals surface area contributed by atoms with Gasteiger partial charge in [0.15, 0.2) is 5.69 Å². The minimum Gasteiger partial charge on any atom is -0.480 e. The fourth-order valence-electron chi connectivity index (χ4n) is 2.12. The van der Waals surface area contributed by atoms with Crippen LogP contribution in [0, 0.1) is 0 Å². The molecule has 0 fully saturated rings. The minimum atomic E-state index is -4.52. The van der Waals surface area contributed by atoms with E-state index in [2.05, 4.69) is 5.10 Å². The number of hydrogen-bond donors (Lipinski definition) is 1. The molecule has 0 bridgehead atoms. The van der Waals surface area contributed by atoms with Crippen molar-refractivity contribution in [1.82, 2.24) is 9.78 Å². The Bertz CT molecular complexity index is 465. The number of rotatable bonds is 2. The Balaban J connectivity index is 2.53. The second kappa shape index (κ2) is 3.75. The Morgan fingerprint density at radius 2 is 2.12 bits per heavy atom. The van der Waals surface area contributed by atoms with Crippen molar-refractivity contribution in [2.75, 3.05) is 0 Å². The van der Waals surface area contributed by atoms with Crippen LogP contribution in [0.5, 0.6) is 0 Å². The molecule has 0 radical (unpaired) electrons. The Morgan fingerprint density at radius 1 is 1.47 bits per heavy atom. The summed E-state index contributed by atoms with van der Waals surface area (Å²) in [6.07, 6.45) is -3.13. The number of carboxylic acid groups (broad SMARTS) is 1. The van der Waals surface area contributed by atoms with Crippen LogP contribution < -0.4 is 0 Å². The smallest absolute Gasteiger partial charge is 0.435 e. The second-order valence-electron chi connectivity index (χ2n) is 4.08. The van der Waals surface area contributed by atoms with Gasteiger partial charge in [-0.3, -0.25) is 4.68 Å². The van der Waals surface area contributed by atoms with Crippen LogP contribution in [0.15, 0.2) is 0 Å². The van der Waals surface area contributed by atoms with Crippen molar-refractivity contribution in [2.45, 2.75) is 38.4 Å².